The van der Waals surface area contributed by atoms with Crippen molar-refractivity contribution in [3.8, 4) is 0 Å². The van der Waals surface area contributed by atoms with Crippen LogP contribution in [-0.4, -0.2) is 58.1 Å². The normalized spacial score (nSPS) is 11.2. The summed E-state index contributed by atoms with van der Waals surface area (Å²) in [6.45, 7) is 4.00. The Morgan fingerprint density at radius 1 is 1.55 bits per heavy atom. The van der Waals surface area contributed by atoms with Gasteiger partial charge >= 0.3 is 12.0 Å². The summed E-state index contributed by atoms with van der Waals surface area (Å²) in [6.07, 6.45) is 3.15. The Hall–Kier alpha value is -2.09. The van der Waals surface area contributed by atoms with Crippen LogP contribution >= 0.6 is 0 Å². The molecule has 8 heteroatoms. The zero-order chi connectivity index (χ0) is 15.3. The monoisotopic (exact) mass is 284 g/mol. The molecule has 0 fully saturated rings. The van der Waals surface area contributed by atoms with Crippen molar-refractivity contribution in [2.45, 2.75) is 25.9 Å². The summed E-state index contributed by atoms with van der Waals surface area (Å²) < 4.78 is 6.55. The van der Waals surface area contributed by atoms with Gasteiger partial charge < -0.3 is 20.1 Å². The average molecular weight is 284 g/mol. The fraction of sp³-hybridized carbons (Fsp3) is 0.583. The van der Waals surface area contributed by atoms with Crippen molar-refractivity contribution in [3.63, 3.8) is 0 Å². The van der Waals surface area contributed by atoms with Gasteiger partial charge in [-0.3, -0.25) is 4.68 Å². The van der Waals surface area contributed by atoms with E-state index in [0.717, 1.165) is 4.90 Å². The van der Waals surface area contributed by atoms with E-state index in [1.807, 2.05) is 0 Å². The molecule has 1 heterocycles. The highest BCUT2D eigenvalue weighted by molar-refractivity contribution is 5.93. The third kappa shape index (κ3) is 3.70. The summed E-state index contributed by atoms with van der Waals surface area (Å²) in [7, 11) is 3.02. The second-order valence-electron chi connectivity index (χ2n) is 4.84. The van der Waals surface area contributed by atoms with Crippen molar-refractivity contribution in [3.05, 3.63) is 12.4 Å². The Bertz CT molecular complexity index is 484. The summed E-state index contributed by atoms with van der Waals surface area (Å²) in [5.74, 6) is -1.08. The first-order valence-electron chi connectivity index (χ1n) is 6.08. The number of amides is 2. The number of nitrogens with one attached hydrogen (secondary N) is 1. The molecule has 0 aliphatic carbocycles. The molecule has 1 aromatic rings. The van der Waals surface area contributed by atoms with Gasteiger partial charge in [0.15, 0.2) is 0 Å². The van der Waals surface area contributed by atoms with Crippen LogP contribution in [0, 0.1) is 0 Å². The van der Waals surface area contributed by atoms with Crippen LogP contribution in [0.2, 0.25) is 0 Å². The Labute approximate surface area is 117 Å². The Morgan fingerprint density at radius 3 is 2.75 bits per heavy atom. The summed E-state index contributed by atoms with van der Waals surface area (Å²) in [5.41, 5.74) is -0.796. The molecule has 0 aliphatic rings. The van der Waals surface area contributed by atoms with Gasteiger partial charge in [0, 0.05) is 20.4 Å². The van der Waals surface area contributed by atoms with E-state index in [2.05, 4.69) is 10.4 Å². The Kier molecular flexibility index (Phi) is 5.09. The van der Waals surface area contributed by atoms with E-state index in [4.69, 9.17) is 9.84 Å². The van der Waals surface area contributed by atoms with E-state index in [9.17, 15) is 9.59 Å². The quantitative estimate of drug-likeness (QED) is 0.807. The largest absolute Gasteiger partial charge is 0.480 e. The second kappa shape index (κ2) is 6.38. The molecule has 0 saturated heterocycles. The van der Waals surface area contributed by atoms with Gasteiger partial charge in [-0.2, -0.15) is 5.10 Å². The maximum Gasteiger partial charge on any atom is 0.329 e. The van der Waals surface area contributed by atoms with E-state index in [1.165, 1.54) is 27.1 Å². The highest BCUT2D eigenvalue weighted by atomic mass is 16.5. The first-order valence-corrected chi connectivity index (χ1v) is 6.08. The van der Waals surface area contributed by atoms with Crippen molar-refractivity contribution >= 4 is 17.7 Å². The SMILES string of the molecule is COCCn1cc(NC(=O)N(C)C(C)(C)C(=O)O)cn1. The molecule has 0 unspecified atom stereocenters. The van der Waals surface area contributed by atoms with Gasteiger partial charge in [0.2, 0.25) is 0 Å². The number of likely N-dealkylation sites (N-methyl/N-ethyl adjacent to an activating group) is 1. The third-order valence-corrected chi connectivity index (χ3v) is 3.08. The van der Waals surface area contributed by atoms with Crippen molar-refractivity contribution in [2.24, 2.45) is 0 Å². The molecule has 2 amide bonds. The lowest BCUT2D eigenvalue weighted by Crippen LogP contribution is -2.52. The third-order valence-electron chi connectivity index (χ3n) is 3.08. The van der Waals surface area contributed by atoms with Crippen LogP contribution in [0.4, 0.5) is 10.5 Å². The molecule has 0 radical (unpaired) electrons. The number of carboxylic acid groups (broad SMARTS) is 1. The van der Waals surface area contributed by atoms with Crippen LogP contribution in [0.1, 0.15) is 13.8 Å². The zero-order valence-electron chi connectivity index (χ0n) is 12.1. The van der Waals surface area contributed by atoms with Gasteiger partial charge in [0.05, 0.1) is 25.0 Å². The van der Waals surface area contributed by atoms with E-state index < -0.39 is 17.5 Å². The zero-order valence-corrected chi connectivity index (χ0v) is 12.1. The van der Waals surface area contributed by atoms with E-state index in [-0.39, 0.29) is 0 Å². The summed E-state index contributed by atoms with van der Waals surface area (Å²) in [4.78, 5) is 24.2. The molecule has 20 heavy (non-hydrogen) atoms. The number of carbonyl (C=O) groups excluding carboxylic acids is 1. The number of nitrogens with zero attached hydrogens (tertiary/aromatic N) is 3. The molecule has 0 aromatic carbocycles. The minimum atomic E-state index is -1.30. The Balaban J connectivity index is 2.66. The number of ether oxygens (including phenoxy) is 1. The summed E-state index contributed by atoms with van der Waals surface area (Å²) >= 11 is 0. The molecular weight excluding hydrogens is 264 g/mol. The van der Waals surface area contributed by atoms with Crippen molar-refractivity contribution in [2.75, 3.05) is 26.1 Å². The predicted molar refractivity (Wildman–Crippen MR) is 72.6 cm³/mol. The van der Waals surface area contributed by atoms with Crippen molar-refractivity contribution in [1.29, 1.82) is 0 Å². The number of anilines is 1. The fourth-order valence-corrected chi connectivity index (χ4v) is 1.34. The number of urea groups is 1. The lowest BCUT2D eigenvalue weighted by Gasteiger charge is -2.31. The molecule has 0 spiro atoms. The smallest absolute Gasteiger partial charge is 0.329 e. The molecule has 1 rings (SSSR count). The van der Waals surface area contributed by atoms with Gasteiger partial charge in [-0.05, 0) is 13.8 Å². The predicted octanol–water partition coefficient (Wildman–Crippen LogP) is 0.856. The van der Waals surface area contributed by atoms with E-state index in [0.29, 0.717) is 18.8 Å². The fourth-order valence-electron chi connectivity index (χ4n) is 1.34. The lowest BCUT2D eigenvalue weighted by molar-refractivity contribution is -0.146. The number of carboxylic acids is 1. The standard InChI is InChI=1S/C12H20N4O4/c1-12(2,10(17)18)15(3)11(19)14-9-7-13-16(8-9)5-6-20-4/h7-8H,5-6H2,1-4H3,(H,14,19)(H,17,18). The van der Waals surface area contributed by atoms with Crippen LogP contribution in [-0.2, 0) is 16.1 Å². The number of methoxy groups -OCH3 is 1. The highest BCUT2D eigenvalue weighted by Gasteiger charge is 2.35. The van der Waals surface area contributed by atoms with Gasteiger partial charge in [-0.25, -0.2) is 9.59 Å². The molecule has 0 aliphatic heterocycles. The number of aliphatic carboxylic acids is 1. The Morgan fingerprint density at radius 2 is 2.20 bits per heavy atom. The molecule has 8 nitrogen and oxygen atoms in total. The molecule has 0 saturated carbocycles. The lowest BCUT2D eigenvalue weighted by atomic mass is 10.1. The van der Waals surface area contributed by atoms with Gasteiger partial charge in [0.25, 0.3) is 0 Å². The maximum atomic E-state index is 12.0. The minimum Gasteiger partial charge on any atom is -0.480 e. The van der Waals surface area contributed by atoms with Crippen molar-refractivity contribution in [1.82, 2.24) is 14.7 Å². The summed E-state index contributed by atoms with van der Waals surface area (Å²) in [5, 5.41) is 15.7. The maximum absolute atomic E-state index is 12.0. The molecule has 1 aromatic heterocycles. The first-order chi connectivity index (χ1) is 9.28. The average Bonchev–Trinajstić information content (AvgIpc) is 2.82. The van der Waals surface area contributed by atoms with Crippen LogP contribution in [0.5, 0.6) is 0 Å². The first kappa shape index (κ1) is 16.0. The van der Waals surface area contributed by atoms with Gasteiger partial charge in [0.1, 0.15) is 5.54 Å². The van der Waals surface area contributed by atoms with Crippen LogP contribution in [0.15, 0.2) is 12.4 Å². The van der Waals surface area contributed by atoms with Crippen LogP contribution < -0.4 is 5.32 Å². The molecule has 112 valence electrons. The van der Waals surface area contributed by atoms with Crippen LogP contribution in [0.3, 0.4) is 0 Å². The molecule has 2 N–H and O–H groups in total. The number of carbonyl (C=O) groups is 2. The van der Waals surface area contributed by atoms with E-state index in [1.54, 1.807) is 18.0 Å². The van der Waals surface area contributed by atoms with Gasteiger partial charge in [-0.1, -0.05) is 0 Å². The van der Waals surface area contributed by atoms with Crippen molar-refractivity contribution < 1.29 is 19.4 Å². The second-order valence-corrected chi connectivity index (χ2v) is 4.84. The minimum absolute atomic E-state index is 0.499. The van der Waals surface area contributed by atoms with Crippen LogP contribution in [0.25, 0.3) is 0 Å². The van der Waals surface area contributed by atoms with Gasteiger partial charge in [-0.15, -0.1) is 0 Å². The molecule has 0 atom stereocenters. The molecular formula is C12H20N4O4. The topological polar surface area (TPSA) is 96.7 Å². The molecule has 0 bridgehead atoms. The van der Waals surface area contributed by atoms with E-state index >= 15 is 0 Å². The number of hydrogen-bond acceptors (Lipinski definition) is 4. The number of hydrogen-bond donors (Lipinski definition) is 2. The number of rotatable bonds is 6. The summed E-state index contributed by atoms with van der Waals surface area (Å²) in [6, 6.07) is -0.510. The number of aromatic nitrogens is 2. The highest BCUT2D eigenvalue weighted by Crippen LogP contribution is 2.15.